The molecule has 0 atom stereocenters. The van der Waals surface area contributed by atoms with Crippen LogP contribution >= 0.6 is 0 Å². The van der Waals surface area contributed by atoms with Crippen molar-refractivity contribution in [3.63, 3.8) is 0 Å². The minimum atomic E-state index is -0.898. The van der Waals surface area contributed by atoms with E-state index < -0.39 is 17.6 Å². The normalized spacial score (nSPS) is 10.3. The van der Waals surface area contributed by atoms with Crippen molar-refractivity contribution >= 4 is 5.97 Å². The molecule has 0 amide bonds. The molecule has 1 heterocycles. The highest BCUT2D eigenvalue weighted by Gasteiger charge is 2.08. The molecular formula is C10H11F2NO2. The van der Waals surface area contributed by atoms with Gasteiger partial charge < -0.3 is 5.11 Å². The predicted molar refractivity (Wildman–Crippen MR) is 49.3 cm³/mol. The SMILES string of the molecule is O=C(O)CCCCc1c(F)cncc1F. The molecule has 0 bridgehead atoms. The largest absolute Gasteiger partial charge is 0.481 e. The molecule has 3 nitrogen and oxygen atoms in total. The molecule has 0 fully saturated rings. The van der Waals surface area contributed by atoms with Gasteiger partial charge in [0.15, 0.2) is 0 Å². The number of carbonyl (C=O) groups is 1. The van der Waals surface area contributed by atoms with E-state index in [0.717, 1.165) is 12.4 Å². The summed E-state index contributed by atoms with van der Waals surface area (Å²) >= 11 is 0. The molecule has 0 saturated heterocycles. The monoisotopic (exact) mass is 215 g/mol. The van der Waals surface area contributed by atoms with Crippen LogP contribution in [-0.4, -0.2) is 16.1 Å². The van der Waals surface area contributed by atoms with Crippen molar-refractivity contribution in [2.45, 2.75) is 25.7 Å². The number of aliphatic carboxylic acids is 1. The fourth-order valence-corrected chi connectivity index (χ4v) is 1.25. The number of unbranched alkanes of at least 4 members (excludes halogenated alkanes) is 1. The van der Waals surface area contributed by atoms with Crippen LogP contribution in [0.1, 0.15) is 24.8 Å². The van der Waals surface area contributed by atoms with Crippen molar-refractivity contribution in [1.82, 2.24) is 4.98 Å². The van der Waals surface area contributed by atoms with Crippen molar-refractivity contribution in [2.75, 3.05) is 0 Å². The van der Waals surface area contributed by atoms with Crippen molar-refractivity contribution in [1.29, 1.82) is 0 Å². The molecule has 0 aliphatic carbocycles. The van der Waals surface area contributed by atoms with Crippen LogP contribution in [0, 0.1) is 11.6 Å². The molecule has 1 aromatic rings. The van der Waals surface area contributed by atoms with Crippen molar-refractivity contribution in [3.8, 4) is 0 Å². The summed E-state index contributed by atoms with van der Waals surface area (Å²) in [6, 6.07) is 0. The van der Waals surface area contributed by atoms with Crippen molar-refractivity contribution in [3.05, 3.63) is 29.6 Å². The minimum absolute atomic E-state index is 0.0182. The number of carboxylic acids is 1. The first kappa shape index (κ1) is 11.6. The van der Waals surface area contributed by atoms with Crippen LogP contribution in [0.25, 0.3) is 0 Å². The van der Waals surface area contributed by atoms with Gasteiger partial charge in [0.2, 0.25) is 0 Å². The lowest BCUT2D eigenvalue weighted by atomic mass is 10.1. The molecular weight excluding hydrogens is 204 g/mol. The Morgan fingerprint density at radius 1 is 1.27 bits per heavy atom. The Kier molecular flexibility index (Phi) is 4.15. The van der Waals surface area contributed by atoms with Crippen LogP contribution in [0.4, 0.5) is 8.78 Å². The number of aromatic nitrogens is 1. The molecule has 1 rings (SSSR count). The second-order valence-electron chi connectivity index (χ2n) is 3.18. The van der Waals surface area contributed by atoms with Crippen LogP contribution in [0.2, 0.25) is 0 Å². The highest BCUT2D eigenvalue weighted by Crippen LogP contribution is 2.13. The lowest BCUT2D eigenvalue weighted by Crippen LogP contribution is -1.99. The summed E-state index contributed by atoms with van der Waals surface area (Å²) in [6.07, 6.45) is 2.99. The van der Waals surface area contributed by atoms with E-state index in [2.05, 4.69) is 4.98 Å². The van der Waals surface area contributed by atoms with Gasteiger partial charge in [0.1, 0.15) is 11.6 Å². The van der Waals surface area contributed by atoms with Gasteiger partial charge in [-0.05, 0) is 19.3 Å². The van der Waals surface area contributed by atoms with Gasteiger partial charge in [-0.1, -0.05) is 0 Å². The van der Waals surface area contributed by atoms with Crippen LogP contribution in [0.5, 0.6) is 0 Å². The minimum Gasteiger partial charge on any atom is -0.481 e. The van der Waals surface area contributed by atoms with E-state index in [1.165, 1.54) is 0 Å². The summed E-state index contributed by atoms with van der Waals surface area (Å²) in [6.45, 7) is 0. The number of pyridine rings is 1. The van der Waals surface area contributed by atoms with Crippen molar-refractivity contribution in [2.24, 2.45) is 0 Å². The molecule has 0 aromatic carbocycles. The molecule has 0 spiro atoms. The predicted octanol–water partition coefficient (Wildman–Crippen LogP) is 2.16. The zero-order valence-electron chi connectivity index (χ0n) is 8.04. The molecule has 0 radical (unpaired) electrons. The average Bonchev–Trinajstić information content (AvgIpc) is 2.15. The second-order valence-corrected chi connectivity index (χ2v) is 3.18. The first-order valence-electron chi connectivity index (χ1n) is 4.61. The Hall–Kier alpha value is -1.52. The number of nitrogens with zero attached hydrogens (tertiary/aromatic N) is 1. The Bertz CT molecular complexity index is 335. The number of hydrogen-bond acceptors (Lipinski definition) is 2. The van der Waals surface area contributed by atoms with Crippen LogP contribution in [-0.2, 0) is 11.2 Å². The molecule has 0 aliphatic heterocycles. The molecule has 82 valence electrons. The van der Waals surface area contributed by atoms with Gasteiger partial charge in [0, 0.05) is 12.0 Å². The van der Waals surface area contributed by atoms with E-state index >= 15 is 0 Å². The molecule has 1 N–H and O–H groups in total. The van der Waals surface area contributed by atoms with E-state index in [1.807, 2.05) is 0 Å². The first-order valence-corrected chi connectivity index (χ1v) is 4.61. The van der Waals surface area contributed by atoms with Crippen LogP contribution in [0.15, 0.2) is 12.4 Å². The summed E-state index contributed by atoms with van der Waals surface area (Å²) in [5, 5.41) is 8.36. The van der Waals surface area contributed by atoms with Gasteiger partial charge in [0.05, 0.1) is 12.4 Å². The first-order chi connectivity index (χ1) is 7.11. The topological polar surface area (TPSA) is 50.2 Å². The Morgan fingerprint density at radius 3 is 2.40 bits per heavy atom. The zero-order valence-corrected chi connectivity index (χ0v) is 8.04. The molecule has 0 saturated carbocycles. The van der Waals surface area contributed by atoms with Crippen LogP contribution in [0.3, 0.4) is 0 Å². The smallest absolute Gasteiger partial charge is 0.303 e. The van der Waals surface area contributed by atoms with Gasteiger partial charge in [-0.2, -0.15) is 0 Å². The molecule has 0 unspecified atom stereocenters. The fraction of sp³-hybridized carbons (Fsp3) is 0.400. The lowest BCUT2D eigenvalue weighted by Gasteiger charge is -2.02. The highest BCUT2D eigenvalue weighted by molar-refractivity contribution is 5.66. The average molecular weight is 215 g/mol. The van der Waals surface area contributed by atoms with E-state index in [0.29, 0.717) is 12.8 Å². The fourth-order valence-electron chi connectivity index (χ4n) is 1.25. The number of hydrogen-bond donors (Lipinski definition) is 1. The van der Waals surface area contributed by atoms with E-state index in [4.69, 9.17) is 5.11 Å². The van der Waals surface area contributed by atoms with Crippen molar-refractivity contribution < 1.29 is 18.7 Å². The zero-order chi connectivity index (χ0) is 11.3. The maximum atomic E-state index is 13.0. The quantitative estimate of drug-likeness (QED) is 0.765. The Balaban J connectivity index is 2.47. The molecule has 15 heavy (non-hydrogen) atoms. The van der Waals surface area contributed by atoms with E-state index in [9.17, 15) is 13.6 Å². The standard InChI is InChI=1S/C10H11F2NO2/c11-8-5-13-6-9(12)7(8)3-1-2-4-10(14)15/h5-6H,1-4H2,(H,14,15). The van der Waals surface area contributed by atoms with Gasteiger partial charge in [-0.15, -0.1) is 0 Å². The summed E-state index contributed by atoms with van der Waals surface area (Å²) in [5.41, 5.74) is -0.0182. The Labute approximate surface area is 85.8 Å². The number of carboxylic acid groups (broad SMARTS) is 1. The molecule has 1 aromatic heterocycles. The van der Waals surface area contributed by atoms with E-state index in [-0.39, 0.29) is 18.4 Å². The third kappa shape index (κ3) is 3.61. The summed E-state index contributed by atoms with van der Waals surface area (Å²) in [5.74, 6) is -2.25. The summed E-state index contributed by atoms with van der Waals surface area (Å²) < 4.78 is 26.0. The third-order valence-corrected chi connectivity index (χ3v) is 2.02. The van der Waals surface area contributed by atoms with Gasteiger partial charge in [-0.3, -0.25) is 9.78 Å². The summed E-state index contributed by atoms with van der Waals surface area (Å²) in [7, 11) is 0. The second kappa shape index (κ2) is 5.38. The van der Waals surface area contributed by atoms with Gasteiger partial charge >= 0.3 is 5.97 Å². The third-order valence-electron chi connectivity index (χ3n) is 2.02. The number of rotatable bonds is 5. The molecule has 0 aliphatic rings. The van der Waals surface area contributed by atoms with Crippen LogP contribution < -0.4 is 0 Å². The lowest BCUT2D eigenvalue weighted by molar-refractivity contribution is -0.137. The van der Waals surface area contributed by atoms with Gasteiger partial charge in [0.25, 0.3) is 0 Å². The maximum Gasteiger partial charge on any atom is 0.303 e. The van der Waals surface area contributed by atoms with Gasteiger partial charge in [-0.25, -0.2) is 8.78 Å². The number of halogens is 2. The highest BCUT2D eigenvalue weighted by atomic mass is 19.1. The maximum absolute atomic E-state index is 13.0. The molecule has 5 heteroatoms. The van der Waals surface area contributed by atoms with E-state index in [1.54, 1.807) is 0 Å². The Morgan fingerprint density at radius 2 is 1.87 bits per heavy atom. The summed E-state index contributed by atoms with van der Waals surface area (Å²) in [4.78, 5) is 13.5.